The molecular weight excluding hydrogens is 328 g/mol. The van der Waals surface area contributed by atoms with E-state index < -0.39 is 0 Å². The van der Waals surface area contributed by atoms with Crippen LogP contribution < -0.4 is 4.74 Å². The van der Waals surface area contributed by atoms with Crippen molar-refractivity contribution >= 4 is 38.3 Å². The topological polar surface area (TPSA) is 35.0 Å². The van der Waals surface area contributed by atoms with Crippen molar-refractivity contribution in [3.05, 3.63) is 58.2 Å². The fourth-order valence-electron chi connectivity index (χ4n) is 1.74. The Kier molecular flexibility index (Phi) is 3.36. The number of nitrogens with zero attached hydrogens (tertiary/aromatic N) is 2. The third kappa shape index (κ3) is 2.85. The second kappa shape index (κ2) is 5.15. The van der Waals surface area contributed by atoms with Crippen LogP contribution in [-0.4, -0.2) is 10.2 Å². The lowest BCUT2D eigenvalue weighted by atomic mass is 10.1. The van der Waals surface area contributed by atoms with Crippen LogP contribution in [0.2, 0.25) is 5.15 Å². The molecule has 0 unspecified atom stereocenters. The lowest BCUT2D eigenvalue weighted by molar-refractivity contribution is 0.456. The van der Waals surface area contributed by atoms with Crippen molar-refractivity contribution in [3.63, 3.8) is 0 Å². The minimum Gasteiger partial charge on any atom is -0.438 e. The first-order valence-corrected chi connectivity index (χ1v) is 6.74. The summed E-state index contributed by atoms with van der Waals surface area (Å²) in [6.07, 6.45) is 0. The summed E-state index contributed by atoms with van der Waals surface area (Å²) in [5, 5.41) is 10.2. The highest BCUT2D eigenvalue weighted by Crippen LogP contribution is 2.26. The summed E-state index contributed by atoms with van der Waals surface area (Å²) >= 11 is 9.12. The van der Waals surface area contributed by atoms with Crippen molar-refractivity contribution in [1.82, 2.24) is 10.2 Å². The van der Waals surface area contributed by atoms with Crippen molar-refractivity contribution in [1.29, 1.82) is 0 Å². The Bertz CT molecular complexity index is 731. The summed E-state index contributed by atoms with van der Waals surface area (Å²) in [5.41, 5.74) is 0. The number of rotatable bonds is 2. The van der Waals surface area contributed by atoms with E-state index >= 15 is 0 Å². The Morgan fingerprint density at radius 3 is 2.47 bits per heavy atom. The van der Waals surface area contributed by atoms with Crippen LogP contribution in [0.25, 0.3) is 10.8 Å². The summed E-state index contributed by atoms with van der Waals surface area (Å²) in [6.45, 7) is 0. The zero-order valence-corrected chi connectivity index (χ0v) is 12.0. The number of hydrogen-bond acceptors (Lipinski definition) is 3. The lowest BCUT2D eigenvalue weighted by Crippen LogP contribution is -1.90. The molecule has 0 saturated carbocycles. The molecule has 0 aliphatic rings. The maximum absolute atomic E-state index is 5.67. The van der Waals surface area contributed by atoms with E-state index in [1.165, 1.54) is 0 Å². The predicted molar refractivity (Wildman–Crippen MR) is 78.8 cm³/mol. The van der Waals surface area contributed by atoms with Crippen molar-refractivity contribution in [2.24, 2.45) is 0 Å². The lowest BCUT2D eigenvalue weighted by Gasteiger charge is -2.05. The molecule has 0 saturated heterocycles. The number of hydrogen-bond donors (Lipinski definition) is 0. The van der Waals surface area contributed by atoms with E-state index in [-0.39, 0.29) is 0 Å². The van der Waals surface area contributed by atoms with Gasteiger partial charge in [-0.1, -0.05) is 39.7 Å². The molecule has 0 atom stereocenters. The van der Waals surface area contributed by atoms with Crippen LogP contribution in [-0.2, 0) is 0 Å². The van der Waals surface area contributed by atoms with E-state index in [1.54, 1.807) is 12.1 Å². The molecule has 2 aromatic carbocycles. The van der Waals surface area contributed by atoms with E-state index in [2.05, 4.69) is 32.2 Å². The first-order chi connectivity index (χ1) is 9.20. The fourth-order valence-corrected chi connectivity index (χ4v) is 2.22. The highest BCUT2D eigenvalue weighted by molar-refractivity contribution is 9.10. The molecule has 1 aromatic heterocycles. The molecule has 0 radical (unpaired) electrons. The van der Waals surface area contributed by atoms with E-state index in [0.29, 0.717) is 16.8 Å². The molecule has 0 spiro atoms. The molecule has 3 aromatic rings. The minimum absolute atomic E-state index is 0.343. The number of benzene rings is 2. The summed E-state index contributed by atoms with van der Waals surface area (Å²) in [5.74, 6) is 1.13. The molecule has 0 amide bonds. The van der Waals surface area contributed by atoms with E-state index in [4.69, 9.17) is 16.3 Å². The molecular formula is C14H8BrClN2O. The third-order valence-electron chi connectivity index (χ3n) is 2.60. The van der Waals surface area contributed by atoms with Gasteiger partial charge in [-0.3, -0.25) is 0 Å². The van der Waals surface area contributed by atoms with Crippen LogP contribution in [0.15, 0.2) is 53.0 Å². The summed E-state index contributed by atoms with van der Waals surface area (Å²) < 4.78 is 6.68. The van der Waals surface area contributed by atoms with Gasteiger partial charge in [-0.25, -0.2) is 0 Å². The van der Waals surface area contributed by atoms with Crippen LogP contribution in [0.3, 0.4) is 0 Å². The van der Waals surface area contributed by atoms with Gasteiger partial charge < -0.3 is 4.74 Å². The molecule has 94 valence electrons. The number of ether oxygens (including phenoxy) is 1. The zero-order chi connectivity index (χ0) is 13.2. The van der Waals surface area contributed by atoms with Crippen LogP contribution >= 0.6 is 27.5 Å². The van der Waals surface area contributed by atoms with Crippen LogP contribution in [0.5, 0.6) is 11.6 Å². The first-order valence-electron chi connectivity index (χ1n) is 5.57. The molecule has 0 bridgehead atoms. The molecule has 0 fully saturated rings. The molecule has 0 aliphatic carbocycles. The van der Waals surface area contributed by atoms with Gasteiger partial charge in [0.05, 0.1) is 0 Å². The fraction of sp³-hybridized carbons (Fsp3) is 0. The van der Waals surface area contributed by atoms with Gasteiger partial charge in [0.15, 0.2) is 5.15 Å². The van der Waals surface area contributed by atoms with Crippen LogP contribution in [0, 0.1) is 0 Å². The Labute approximate surface area is 123 Å². The van der Waals surface area contributed by atoms with Crippen LogP contribution in [0.4, 0.5) is 0 Å². The Morgan fingerprint density at radius 2 is 1.68 bits per heavy atom. The summed E-state index contributed by atoms with van der Waals surface area (Å²) in [6, 6.07) is 15.3. The van der Waals surface area contributed by atoms with Crippen molar-refractivity contribution < 1.29 is 4.74 Å². The number of aromatic nitrogens is 2. The molecule has 0 N–H and O–H groups in total. The first kappa shape index (κ1) is 12.4. The standard InChI is InChI=1S/C14H8BrClN2O/c15-11-3-1-10-8-12(4-2-9(10)7-11)19-14-6-5-13(16)17-18-14/h1-8H. The van der Waals surface area contributed by atoms with E-state index in [1.807, 2.05) is 30.3 Å². The Morgan fingerprint density at radius 1 is 0.895 bits per heavy atom. The SMILES string of the molecule is Clc1ccc(Oc2ccc3cc(Br)ccc3c2)nn1. The maximum atomic E-state index is 5.67. The molecule has 19 heavy (non-hydrogen) atoms. The molecule has 3 nitrogen and oxygen atoms in total. The van der Waals surface area contributed by atoms with Gasteiger partial charge in [-0.2, -0.15) is 0 Å². The van der Waals surface area contributed by atoms with Gasteiger partial charge in [0.2, 0.25) is 5.88 Å². The van der Waals surface area contributed by atoms with Crippen molar-refractivity contribution in [3.8, 4) is 11.6 Å². The van der Waals surface area contributed by atoms with Crippen LogP contribution in [0.1, 0.15) is 0 Å². The second-order valence-electron chi connectivity index (χ2n) is 3.95. The van der Waals surface area contributed by atoms with Crippen molar-refractivity contribution in [2.75, 3.05) is 0 Å². The van der Waals surface area contributed by atoms with Crippen molar-refractivity contribution in [2.45, 2.75) is 0 Å². The maximum Gasteiger partial charge on any atom is 0.238 e. The number of halogens is 2. The van der Waals surface area contributed by atoms with E-state index in [0.717, 1.165) is 15.2 Å². The second-order valence-corrected chi connectivity index (χ2v) is 5.25. The average Bonchev–Trinajstić information content (AvgIpc) is 2.42. The quantitative estimate of drug-likeness (QED) is 0.672. The average molecular weight is 336 g/mol. The molecule has 3 rings (SSSR count). The highest BCUT2D eigenvalue weighted by atomic mass is 79.9. The molecule has 0 aliphatic heterocycles. The normalized spacial score (nSPS) is 10.6. The molecule has 1 heterocycles. The summed E-state index contributed by atoms with van der Waals surface area (Å²) in [4.78, 5) is 0. The largest absolute Gasteiger partial charge is 0.438 e. The monoisotopic (exact) mass is 334 g/mol. The minimum atomic E-state index is 0.343. The summed E-state index contributed by atoms with van der Waals surface area (Å²) in [7, 11) is 0. The number of fused-ring (bicyclic) bond motifs is 1. The van der Waals surface area contributed by atoms with E-state index in [9.17, 15) is 0 Å². The highest BCUT2D eigenvalue weighted by Gasteiger charge is 2.02. The van der Waals surface area contributed by atoms with Gasteiger partial charge >= 0.3 is 0 Å². The van der Waals surface area contributed by atoms with Gasteiger partial charge in [-0.05, 0) is 41.1 Å². The third-order valence-corrected chi connectivity index (χ3v) is 3.30. The van der Waals surface area contributed by atoms with Gasteiger partial charge in [0.1, 0.15) is 5.75 Å². The Hall–Kier alpha value is -1.65. The smallest absolute Gasteiger partial charge is 0.238 e. The van der Waals surface area contributed by atoms with Gasteiger partial charge in [0.25, 0.3) is 0 Å². The molecule has 5 heteroatoms. The zero-order valence-electron chi connectivity index (χ0n) is 9.68. The van der Waals surface area contributed by atoms with Gasteiger partial charge in [-0.15, -0.1) is 10.2 Å². The predicted octanol–water partition coefficient (Wildman–Crippen LogP) is 4.84. The van der Waals surface area contributed by atoms with Gasteiger partial charge in [0, 0.05) is 10.5 Å². The Balaban J connectivity index is 1.93.